The zero-order chi connectivity index (χ0) is 24.8. The molecule has 184 valence electrons. The van der Waals surface area contributed by atoms with Crippen molar-refractivity contribution in [1.82, 2.24) is 10.2 Å². The number of carbonyl (C=O) groups excluding carboxylic acids is 2. The average molecular weight is 478 g/mol. The Balaban J connectivity index is 1.61. The van der Waals surface area contributed by atoms with E-state index in [0.717, 1.165) is 0 Å². The zero-order valence-electron chi connectivity index (χ0n) is 18.8. The molecule has 10 heteroatoms. The first-order valence-corrected chi connectivity index (χ1v) is 10.8. The lowest BCUT2D eigenvalue weighted by Gasteiger charge is -2.33. The Morgan fingerprint density at radius 2 is 1.48 bits per heavy atom. The van der Waals surface area contributed by atoms with Crippen molar-refractivity contribution >= 4 is 11.7 Å². The van der Waals surface area contributed by atoms with Gasteiger partial charge in [-0.05, 0) is 82.3 Å². The molecule has 2 aliphatic rings. The predicted molar refractivity (Wildman–Crippen MR) is 109 cm³/mol. The number of halogens is 6. The number of hydrogen-bond acceptors (Lipinski definition) is 3. The normalized spacial score (nSPS) is 21.2. The van der Waals surface area contributed by atoms with Crippen LogP contribution < -0.4 is 5.32 Å². The molecule has 0 unspecified atom stereocenters. The van der Waals surface area contributed by atoms with Gasteiger partial charge in [-0.1, -0.05) is 0 Å². The van der Waals surface area contributed by atoms with Crippen molar-refractivity contribution in [3.63, 3.8) is 0 Å². The van der Waals surface area contributed by atoms with Gasteiger partial charge in [0, 0.05) is 17.9 Å². The van der Waals surface area contributed by atoms with E-state index in [9.17, 15) is 35.9 Å². The summed E-state index contributed by atoms with van der Waals surface area (Å²) in [6, 6.07) is 1.31. The van der Waals surface area contributed by atoms with Crippen LogP contribution in [-0.4, -0.2) is 41.8 Å². The molecule has 2 fully saturated rings. The Labute approximate surface area is 188 Å². The van der Waals surface area contributed by atoms with E-state index in [1.165, 1.54) is 0 Å². The lowest BCUT2D eigenvalue weighted by atomic mass is 9.88. The summed E-state index contributed by atoms with van der Waals surface area (Å²) < 4.78 is 78.4. The third kappa shape index (κ3) is 6.49. The standard InChI is InChI=1S/C23H28F6N2O2/c1-20(2,3)30-19(33)13-31-6-4-21(5-7-31)12-17(21)18(32)10-14-8-15(22(24,25)26)11-16(9-14)23(27,28)29/h8-9,11,17H,4-7,10,12-13H2,1-3H3,(H,30,33)/t17-/m1/s1. The van der Waals surface area contributed by atoms with Crippen LogP contribution in [0.1, 0.15) is 56.7 Å². The van der Waals surface area contributed by atoms with Crippen molar-refractivity contribution < 1.29 is 35.9 Å². The maximum Gasteiger partial charge on any atom is 0.416 e. The van der Waals surface area contributed by atoms with Gasteiger partial charge in [0.1, 0.15) is 5.78 Å². The van der Waals surface area contributed by atoms with Crippen LogP contribution in [0.3, 0.4) is 0 Å². The number of amides is 1. The molecule has 3 rings (SSSR count). The molecule has 1 heterocycles. The Morgan fingerprint density at radius 3 is 1.94 bits per heavy atom. The van der Waals surface area contributed by atoms with Gasteiger partial charge < -0.3 is 5.32 Å². The summed E-state index contributed by atoms with van der Waals surface area (Å²) in [5, 5.41) is 2.89. The quantitative estimate of drug-likeness (QED) is 0.616. The van der Waals surface area contributed by atoms with E-state index in [-0.39, 0.29) is 46.7 Å². The van der Waals surface area contributed by atoms with Gasteiger partial charge in [0.05, 0.1) is 17.7 Å². The van der Waals surface area contributed by atoms with Gasteiger partial charge >= 0.3 is 12.4 Å². The van der Waals surface area contributed by atoms with Gasteiger partial charge in [0.15, 0.2) is 0 Å². The number of rotatable bonds is 5. The van der Waals surface area contributed by atoms with E-state index in [0.29, 0.717) is 44.5 Å². The summed E-state index contributed by atoms with van der Waals surface area (Å²) in [5.41, 5.74) is -3.69. The largest absolute Gasteiger partial charge is 0.416 e. The molecule has 1 aliphatic carbocycles. The lowest BCUT2D eigenvalue weighted by Crippen LogP contribution is -2.47. The van der Waals surface area contributed by atoms with Crippen LogP contribution in [0.15, 0.2) is 18.2 Å². The van der Waals surface area contributed by atoms with E-state index in [4.69, 9.17) is 0 Å². The lowest BCUT2D eigenvalue weighted by molar-refractivity contribution is -0.143. The van der Waals surface area contributed by atoms with E-state index in [2.05, 4.69) is 5.32 Å². The first kappa shape index (κ1) is 25.5. The second kappa shape index (κ2) is 8.60. The van der Waals surface area contributed by atoms with Crippen molar-refractivity contribution in [3.05, 3.63) is 34.9 Å². The minimum atomic E-state index is -4.94. The van der Waals surface area contributed by atoms with Crippen LogP contribution in [0.4, 0.5) is 26.3 Å². The highest BCUT2D eigenvalue weighted by atomic mass is 19.4. The number of nitrogens with one attached hydrogen (secondary N) is 1. The van der Waals surface area contributed by atoms with Crippen molar-refractivity contribution in [2.75, 3.05) is 19.6 Å². The maximum atomic E-state index is 13.1. The number of Topliss-reactive ketones (excluding diaryl/α,β-unsaturated/α-hetero) is 1. The number of carbonyl (C=O) groups is 2. The second-order valence-corrected chi connectivity index (χ2v) is 10.3. The number of hydrogen-bond donors (Lipinski definition) is 1. The molecule has 1 saturated carbocycles. The fraction of sp³-hybridized carbons (Fsp3) is 0.652. The molecule has 1 saturated heterocycles. The third-order valence-electron chi connectivity index (χ3n) is 6.34. The van der Waals surface area contributed by atoms with Gasteiger partial charge in [-0.15, -0.1) is 0 Å². The summed E-state index contributed by atoms with van der Waals surface area (Å²) in [6.07, 6.45) is -8.42. The molecule has 1 amide bonds. The topological polar surface area (TPSA) is 49.4 Å². The molecule has 1 aliphatic heterocycles. The molecule has 33 heavy (non-hydrogen) atoms. The second-order valence-electron chi connectivity index (χ2n) is 10.3. The van der Waals surface area contributed by atoms with E-state index in [1.54, 1.807) is 0 Å². The molecule has 0 radical (unpaired) electrons. The zero-order valence-corrected chi connectivity index (χ0v) is 18.8. The molecular weight excluding hydrogens is 450 g/mol. The SMILES string of the molecule is CC(C)(C)NC(=O)CN1CCC2(CC1)C[C@@H]2C(=O)Cc1cc(C(F)(F)F)cc(C(F)(F)F)c1. The number of ketones is 1. The summed E-state index contributed by atoms with van der Waals surface area (Å²) >= 11 is 0. The van der Waals surface area contributed by atoms with Crippen LogP contribution in [-0.2, 0) is 28.4 Å². The van der Waals surface area contributed by atoms with E-state index >= 15 is 0 Å². The highest BCUT2D eigenvalue weighted by molar-refractivity contribution is 5.87. The first-order valence-electron chi connectivity index (χ1n) is 10.8. The van der Waals surface area contributed by atoms with Crippen molar-refractivity contribution in [2.45, 2.75) is 64.3 Å². The predicted octanol–water partition coefficient (Wildman–Crippen LogP) is 4.85. The van der Waals surface area contributed by atoms with Gasteiger partial charge in [-0.3, -0.25) is 14.5 Å². The van der Waals surface area contributed by atoms with Gasteiger partial charge in [0.2, 0.25) is 5.91 Å². The molecule has 1 N–H and O–H groups in total. The molecule has 1 atom stereocenters. The molecule has 4 nitrogen and oxygen atoms in total. The molecular formula is C23H28F6N2O2. The summed E-state index contributed by atoms with van der Waals surface area (Å²) in [5.74, 6) is -0.791. The molecule has 0 bridgehead atoms. The Bertz CT molecular complexity index is 877. The smallest absolute Gasteiger partial charge is 0.350 e. The minimum absolute atomic E-state index is 0.0676. The van der Waals surface area contributed by atoms with Crippen LogP contribution in [0.2, 0.25) is 0 Å². The molecule has 0 aromatic heterocycles. The number of benzene rings is 1. The number of piperidine rings is 1. The number of likely N-dealkylation sites (tertiary alicyclic amines) is 1. The van der Waals surface area contributed by atoms with Crippen LogP contribution in [0.5, 0.6) is 0 Å². The van der Waals surface area contributed by atoms with Crippen LogP contribution in [0.25, 0.3) is 0 Å². The maximum absolute atomic E-state index is 13.1. The van der Waals surface area contributed by atoms with Gasteiger partial charge in [-0.2, -0.15) is 26.3 Å². The van der Waals surface area contributed by atoms with E-state index < -0.39 is 29.9 Å². The highest BCUT2D eigenvalue weighted by Crippen LogP contribution is 2.60. The van der Waals surface area contributed by atoms with Crippen molar-refractivity contribution in [2.24, 2.45) is 11.3 Å². The van der Waals surface area contributed by atoms with Crippen LogP contribution >= 0.6 is 0 Å². The van der Waals surface area contributed by atoms with Gasteiger partial charge in [0.25, 0.3) is 0 Å². The molecule has 1 spiro atoms. The van der Waals surface area contributed by atoms with Crippen molar-refractivity contribution in [1.29, 1.82) is 0 Å². The Morgan fingerprint density at radius 1 is 0.970 bits per heavy atom. The monoisotopic (exact) mass is 478 g/mol. The Hall–Kier alpha value is -2.10. The first-order chi connectivity index (χ1) is 15.0. The summed E-state index contributed by atoms with van der Waals surface area (Å²) in [7, 11) is 0. The molecule has 1 aromatic carbocycles. The Kier molecular flexibility index (Phi) is 6.65. The third-order valence-corrected chi connectivity index (χ3v) is 6.34. The summed E-state index contributed by atoms with van der Waals surface area (Å²) in [6.45, 7) is 7.14. The summed E-state index contributed by atoms with van der Waals surface area (Å²) in [4.78, 5) is 26.8. The fourth-order valence-corrected chi connectivity index (χ4v) is 4.62. The number of alkyl halides is 6. The average Bonchev–Trinajstić information content (AvgIpc) is 3.34. The molecule has 1 aromatic rings. The number of nitrogens with zero attached hydrogens (tertiary/aromatic N) is 1. The van der Waals surface area contributed by atoms with Crippen molar-refractivity contribution in [3.8, 4) is 0 Å². The fourth-order valence-electron chi connectivity index (χ4n) is 4.62. The van der Waals surface area contributed by atoms with Crippen LogP contribution in [0, 0.1) is 11.3 Å². The highest BCUT2D eigenvalue weighted by Gasteiger charge is 2.57. The van der Waals surface area contributed by atoms with Gasteiger partial charge in [-0.25, -0.2) is 0 Å². The van der Waals surface area contributed by atoms with E-state index in [1.807, 2.05) is 25.7 Å². The minimum Gasteiger partial charge on any atom is -0.350 e.